The number of amides is 1. The first-order valence-electron chi connectivity index (χ1n) is 6.29. The molecule has 0 aromatic rings. The molecule has 94 valence electrons. The van der Waals surface area contributed by atoms with Gasteiger partial charge in [0.05, 0.1) is 6.61 Å². The summed E-state index contributed by atoms with van der Waals surface area (Å²) in [5, 5.41) is 8.95. The third-order valence-corrected chi connectivity index (χ3v) is 3.36. The average molecular weight is 228 g/mol. The molecule has 1 aliphatic rings. The van der Waals surface area contributed by atoms with Crippen LogP contribution in [-0.4, -0.2) is 59.6 Å². The Morgan fingerprint density at radius 2 is 2.25 bits per heavy atom. The topological polar surface area (TPSA) is 43.8 Å². The highest BCUT2D eigenvalue weighted by Gasteiger charge is 2.25. The molecule has 1 amide bonds. The fourth-order valence-corrected chi connectivity index (χ4v) is 2.42. The van der Waals surface area contributed by atoms with Crippen LogP contribution in [0.15, 0.2) is 0 Å². The predicted octanol–water partition coefficient (Wildman–Crippen LogP) is 0.702. The maximum atomic E-state index is 11.5. The van der Waals surface area contributed by atoms with Gasteiger partial charge in [0.1, 0.15) is 0 Å². The highest BCUT2D eigenvalue weighted by atomic mass is 16.3. The van der Waals surface area contributed by atoms with E-state index in [1.807, 2.05) is 4.90 Å². The van der Waals surface area contributed by atoms with Crippen LogP contribution < -0.4 is 0 Å². The van der Waals surface area contributed by atoms with Crippen LogP contribution in [0.3, 0.4) is 0 Å². The monoisotopic (exact) mass is 228 g/mol. The third-order valence-electron chi connectivity index (χ3n) is 3.36. The summed E-state index contributed by atoms with van der Waals surface area (Å²) in [7, 11) is 0. The van der Waals surface area contributed by atoms with Gasteiger partial charge >= 0.3 is 0 Å². The van der Waals surface area contributed by atoms with Crippen LogP contribution in [-0.2, 0) is 4.79 Å². The van der Waals surface area contributed by atoms with Crippen molar-refractivity contribution in [1.82, 2.24) is 9.80 Å². The van der Waals surface area contributed by atoms with E-state index in [1.165, 1.54) is 6.42 Å². The van der Waals surface area contributed by atoms with E-state index in [1.54, 1.807) is 6.92 Å². The molecule has 0 aliphatic carbocycles. The quantitative estimate of drug-likeness (QED) is 0.753. The van der Waals surface area contributed by atoms with E-state index in [9.17, 15) is 4.79 Å². The van der Waals surface area contributed by atoms with Gasteiger partial charge in [0.25, 0.3) is 0 Å². The summed E-state index contributed by atoms with van der Waals surface area (Å²) in [6.45, 7) is 7.38. The van der Waals surface area contributed by atoms with Crippen molar-refractivity contribution in [2.24, 2.45) is 0 Å². The molecule has 1 rings (SSSR count). The number of aliphatic hydroxyl groups excluding tert-OH is 1. The zero-order chi connectivity index (χ0) is 12.0. The smallest absolute Gasteiger partial charge is 0.219 e. The summed E-state index contributed by atoms with van der Waals surface area (Å²) in [4.78, 5) is 15.7. The fraction of sp³-hybridized carbons (Fsp3) is 0.917. The highest BCUT2D eigenvalue weighted by molar-refractivity contribution is 5.73. The molecule has 4 nitrogen and oxygen atoms in total. The molecule has 0 radical (unpaired) electrons. The zero-order valence-corrected chi connectivity index (χ0v) is 10.5. The molecule has 0 aromatic carbocycles. The van der Waals surface area contributed by atoms with Gasteiger partial charge in [-0.3, -0.25) is 9.69 Å². The van der Waals surface area contributed by atoms with E-state index >= 15 is 0 Å². The molecule has 4 heteroatoms. The van der Waals surface area contributed by atoms with E-state index in [0.717, 1.165) is 32.5 Å². The summed E-state index contributed by atoms with van der Waals surface area (Å²) in [6.07, 6.45) is 3.44. The summed E-state index contributed by atoms with van der Waals surface area (Å²) < 4.78 is 0. The lowest BCUT2D eigenvalue weighted by Crippen LogP contribution is -2.49. The molecule has 1 N–H and O–H groups in total. The van der Waals surface area contributed by atoms with E-state index in [2.05, 4.69) is 11.8 Å². The van der Waals surface area contributed by atoms with Crippen LogP contribution in [0.25, 0.3) is 0 Å². The van der Waals surface area contributed by atoms with E-state index in [-0.39, 0.29) is 12.5 Å². The molecular formula is C12H24N2O2. The first-order chi connectivity index (χ1) is 7.69. The zero-order valence-electron chi connectivity index (χ0n) is 10.5. The molecular weight excluding hydrogens is 204 g/mol. The first-order valence-corrected chi connectivity index (χ1v) is 6.29. The first kappa shape index (κ1) is 13.5. The van der Waals surface area contributed by atoms with Gasteiger partial charge in [-0.2, -0.15) is 0 Å². The number of aliphatic hydroxyl groups is 1. The van der Waals surface area contributed by atoms with Crippen molar-refractivity contribution in [3.63, 3.8) is 0 Å². The van der Waals surface area contributed by atoms with Crippen molar-refractivity contribution in [1.29, 1.82) is 0 Å². The van der Waals surface area contributed by atoms with E-state index in [4.69, 9.17) is 5.11 Å². The van der Waals surface area contributed by atoms with Crippen molar-refractivity contribution in [2.45, 2.75) is 39.2 Å². The van der Waals surface area contributed by atoms with Crippen LogP contribution in [0.1, 0.15) is 33.1 Å². The van der Waals surface area contributed by atoms with Crippen molar-refractivity contribution < 1.29 is 9.90 Å². The Morgan fingerprint density at radius 3 is 2.81 bits per heavy atom. The van der Waals surface area contributed by atoms with Crippen molar-refractivity contribution in [2.75, 3.05) is 32.8 Å². The summed E-state index contributed by atoms with van der Waals surface area (Å²) in [5.74, 6) is 0.185. The van der Waals surface area contributed by atoms with Crippen molar-refractivity contribution >= 4 is 5.91 Å². The van der Waals surface area contributed by atoms with Crippen molar-refractivity contribution in [3.8, 4) is 0 Å². The van der Waals surface area contributed by atoms with Gasteiger partial charge in [-0.1, -0.05) is 6.92 Å². The molecule has 0 unspecified atom stereocenters. The number of likely N-dealkylation sites (tertiary alicyclic amines) is 1. The Labute approximate surface area is 98.2 Å². The second-order valence-electron chi connectivity index (χ2n) is 4.48. The lowest BCUT2D eigenvalue weighted by Gasteiger charge is -2.38. The number of piperidine rings is 1. The summed E-state index contributed by atoms with van der Waals surface area (Å²) in [6, 6.07) is 0.345. The van der Waals surface area contributed by atoms with E-state index < -0.39 is 0 Å². The normalized spacial score (nSPS) is 21.5. The number of hydrogen-bond acceptors (Lipinski definition) is 3. The minimum Gasteiger partial charge on any atom is -0.395 e. The lowest BCUT2D eigenvalue weighted by molar-refractivity contribution is -0.132. The second kappa shape index (κ2) is 6.86. The van der Waals surface area contributed by atoms with Gasteiger partial charge in [0.15, 0.2) is 0 Å². The summed E-state index contributed by atoms with van der Waals surface area (Å²) >= 11 is 0. The summed E-state index contributed by atoms with van der Waals surface area (Å²) in [5.41, 5.74) is 0. The molecule has 1 fully saturated rings. The predicted molar refractivity (Wildman–Crippen MR) is 64.2 cm³/mol. The van der Waals surface area contributed by atoms with Gasteiger partial charge in [-0.05, 0) is 25.8 Å². The molecule has 0 aromatic heterocycles. The van der Waals surface area contributed by atoms with Gasteiger partial charge in [-0.25, -0.2) is 0 Å². The average Bonchev–Trinajstić information content (AvgIpc) is 2.29. The second-order valence-corrected chi connectivity index (χ2v) is 4.48. The fourth-order valence-electron chi connectivity index (χ4n) is 2.42. The van der Waals surface area contributed by atoms with Crippen LogP contribution in [0, 0.1) is 0 Å². The number of hydrogen-bond donors (Lipinski definition) is 1. The van der Waals surface area contributed by atoms with Crippen LogP contribution in [0.2, 0.25) is 0 Å². The third kappa shape index (κ3) is 3.76. The van der Waals surface area contributed by atoms with E-state index in [0.29, 0.717) is 12.6 Å². The largest absolute Gasteiger partial charge is 0.395 e. The maximum Gasteiger partial charge on any atom is 0.219 e. The molecule has 1 aliphatic heterocycles. The van der Waals surface area contributed by atoms with Gasteiger partial charge < -0.3 is 10.0 Å². The Balaban J connectivity index is 2.50. The molecule has 1 atom stereocenters. The molecule has 0 bridgehead atoms. The maximum absolute atomic E-state index is 11.5. The number of likely N-dealkylation sites (N-methyl/N-ethyl adjacent to an activating group) is 1. The molecule has 1 saturated heterocycles. The number of nitrogens with zero attached hydrogens (tertiary/aromatic N) is 2. The number of rotatable bonds is 5. The molecule has 0 saturated carbocycles. The number of carbonyl (C=O) groups is 1. The molecule has 1 heterocycles. The SMILES string of the molecule is CCN(CCO)C[C@H]1CCCCN1C(C)=O. The van der Waals surface area contributed by atoms with Crippen LogP contribution in [0.4, 0.5) is 0 Å². The molecule has 0 spiro atoms. The Bertz CT molecular complexity index is 221. The minimum absolute atomic E-state index is 0.185. The van der Waals surface area contributed by atoms with Gasteiger partial charge in [0, 0.05) is 32.6 Å². The van der Waals surface area contributed by atoms with Crippen LogP contribution in [0.5, 0.6) is 0 Å². The highest BCUT2D eigenvalue weighted by Crippen LogP contribution is 2.18. The van der Waals surface area contributed by atoms with Gasteiger partial charge in [-0.15, -0.1) is 0 Å². The Morgan fingerprint density at radius 1 is 1.50 bits per heavy atom. The van der Waals surface area contributed by atoms with Crippen molar-refractivity contribution in [3.05, 3.63) is 0 Å². The molecule has 16 heavy (non-hydrogen) atoms. The Hall–Kier alpha value is -0.610. The Kier molecular flexibility index (Phi) is 5.77. The lowest BCUT2D eigenvalue weighted by atomic mass is 10.0. The van der Waals surface area contributed by atoms with Gasteiger partial charge in [0.2, 0.25) is 5.91 Å². The van der Waals surface area contributed by atoms with Crippen LogP contribution >= 0.6 is 0 Å². The minimum atomic E-state index is 0.185. The standard InChI is InChI=1S/C12H24N2O2/c1-3-13(8-9-15)10-12-6-4-5-7-14(12)11(2)16/h12,15H,3-10H2,1-2H3/t12-/m1/s1. The number of carbonyl (C=O) groups excluding carboxylic acids is 1.